The van der Waals surface area contributed by atoms with Gasteiger partial charge in [0.15, 0.2) is 6.10 Å². The molecule has 1 aliphatic rings. The SMILES string of the molecule is O=C(C(O)c1ccc(Cl)cc1)N1CCc2[nH]ncc2C1. The Labute approximate surface area is 121 Å². The molecule has 0 fully saturated rings. The van der Waals surface area contributed by atoms with Crippen molar-refractivity contribution in [2.24, 2.45) is 0 Å². The number of carbonyl (C=O) groups is 1. The Hall–Kier alpha value is -1.85. The van der Waals surface area contributed by atoms with Gasteiger partial charge in [-0.2, -0.15) is 5.10 Å². The van der Waals surface area contributed by atoms with E-state index in [0.29, 0.717) is 23.7 Å². The van der Waals surface area contributed by atoms with Crippen molar-refractivity contribution >= 4 is 17.5 Å². The van der Waals surface area contributed by atoms with Crippen molar-refractivity contribution in [3.05, 3.63) is 52.3 Å². The summed E-state index contributed by atoms with van der Waals surface area (Å²) in [6.07, 6.45) is 1.30. The number of hydrogen-bond acceptors (Lipinski definition) is 3. The maximum absolute atomic E-state index is 12.3. The number of aromatic amines is 1. The third-order valence-corrected chi connectivity index (χ3v) is 3.78. The van der Waals surface area contributed by atoms with Crippen molar-refractivity contribution in [3.8, 4) is 0 Å². The van der Waals surface area contributed by atoms with Gasteiger partial charge in [-0.1, -0.05) is 23.7 Å². The molecule has 5 nitrogen and oxygen atoms in total. The van der Waals surface area contributed by atoms with E-state index in [1.807, 2.05) is 0 Å². The molecule has 2 heterocycles. The van der Waals surface area contributed by atoms with Crippen molar-refractivity contribution in [2.45, 2.75) is 19.1 Å². The lowest BCUT2D eigenvalue weighted by Crippen LogP contribution is -2.38. The number of aliphatic hydroxyl groups is 1. The van der Waals surface area contributed by atoms with E-state index in [9.17, 15) is 9.90 Å². The molecule has 1 aliphatic heterocycles. The van der Waals surface area contributed by atoms with Gasteiger partial charge in [-0.15, -0.1) is 0 Å². The van der Waals surface area contributed by atoms with Crippen LogP contribution in [-0.2, 0) is 17.8 Å². The van der Waals surface area contributed by atoms with E-state index in [-0.39, 0.29) is 5.91 Å². The molecule has 0 saturated heterocycles. The molecule has 0 saturated carbocycles. The third-order valence-electron chi connectivity index (χ3n) is 3.53. The first-order valence-corrected chi connectivity index (χ1v) is 6.76. The minimum atomic E-state index is -1.15. The van der Waals surface area contributed by atoms with Crippen LogP contribution in [0.1, 0.15) is 22.9 Å². The predicted molar refractivity (Wildman–Crippen MR) is 74.1 cm³/mol. The fourth-order valence-corrected chi connectivity index (χ4v) is 2.50. The molecular formula is C14H14ClN3O2. The molecule has 0 radical (unpaired) electrons. The summed E-state index contributed by atoms with van der Waals surface area (Å²) in [5.74, 6) is -0.292. The van der Waals surface area contributed by atoms with Gasteiger partial charge < -0.3 is 10.0 Å². The van der Waals surface area contributed by atoms with E-state index in [2.05, 4.69) is 10.2 Å². The first kappa shape index (κ1) is 13.1. The van der Waals surface area contributed by atoms with Crippen molar-refractivity contribution in [1.29, 1.82) is 0 Å². The summed E-state index contributed by atoms with van der Waals surface area (Å²) >= 11 is 5.80. The Morgan fingerprint density at radius 1 is 1.40 bits per heavy atom. The molecule has 2 aromatic rings. The molecular weight excluding hydrogens is 278 g/mol. The number of H-pyrrole nitrogens is 1. The van der Waals surface area contributed by atoms with Crippen molar-refractivity contribution in [3.63, 3.8) is 0 Å². The number of nitrogens with one attached hydrogen (secondary N) is 1. The number of aromatic nitrogens is 2. The van der Waals surface area contributed by atoms with E-state index >= 15 is 0 Å². The lowest BCUT2D eigenvalue weighted by Gasteiger charge is -2.28. The smallest absolute Gasteiger partial charge is 0.256 e. The summed E-state index contributed by atoms with van der Waals surface area (Å²) in [5, 5.41) is 17.6. The zero-order chi connectivity index (χ0) is 14.1. The zero-order valence-corrected chi connectivity index (χ0v) is 11.5. The van der Waals surface area contributed by atoms with Crippen LogP contribution in [0.2, 0.25) is 5.02 Å². The fourth-order valence-electron chi connectivity index (χ4n) is 2.37. The number of amides is 1. The normalized spacial score (nSPS) is 15.8. The highest BCUT2D eigenvalue weighted by Gasteiger charge is 2.27. The number of carbonyl (C=O) groups excluding carboxylic acids is 1. The topological polar surface area (TPSA) is 69.2 Å². The van der Waals surface area contributed by atoms with Crippen LogP contribution in [0, 0.1) is 0 Å². The van der Waals surface area contributed by atoms with Crippen LogP contribution in [0.15, 0.2) is 30.5 Å². The van der Waals surface area contributed by atoms with E-state index in [0.717, 1.165) is 17.7 Å². The number of nitrogens with zero attached hydrogens (tertiary/aromatic N) is 2. The number of rotatable bonds is 2. The maximum Gasteiger partial charge on any atom is 0.256 e. The van der Waals surface area contributed by atoms with Crippen molar-refractivity contribution in [2.75, 3.05) is 6.54 Å². The minimum Gasteiger partial charge on any atom is -0.378 e. The van der Waals surface area contributed by atoms with Crippen LogP contribution in [-0.4, -0.2) is 32.7 Å². The molecule has 1 atom stereocenters. The van der Waals surface area contributed by atoms with E-state index in [4.69, 9.17) is 11.6 Å². The van der Waals surface area contributed by atoms with Gasteiger partial charge in [0.05, 0.1) is 6.20 Å². The monoisotopic (exact) mass is 291 g/mol. The molecule has 3 rings (SSSR count). The number of fused-ring (bicyclic) bond motifs is 1. The summed E-state index contributed by atoms with van der Waals surface area (Å²) in [7, 11) is 0. The van der Waals surface area contributed by atoms with Crippen LogP contribution in [0.3, 0.4) is 0 Å². The van der Waals surface area contributed by atoms with Crippen LogP contribution >= 0.6 is 11.6 Å². The Balaban J connectivity index is 1.74. The molecule has 1 amide bonds. The van der Waals surface area contributed by atoms with Gasteiger partial charge in [-0.25, -0.2) is 0 Å². The summed E-state index contributed by atoms with van der Waals surface area (Å²) in [6.45, 7) is 1.06. The number of halogens is 1. The molecule has 0 spiro atoms. The quantitative estimate of drug-likeness (QED) is 0.884. The van der Waals surface area contributed by atoms with E-state index in [1.54, 1.807) is 35.4 Å². The first-order chi connectivity index (χ1) is 9.65. The van der Waals surface area contributed by atoms with Crippen LogP contribution in [0.4, 0.5) is 0 Å². The molecule has 2 N–H and O–H groups in total. The Kier molecular flexibility index (Phi) is 3.46. The molecule has 0 aliphatic carbocycles. The van der Waals surface area contributed by atoms with Crippen LogP contribution < -0.4 is 0 Å². The fraction of sp³-hybridized carbons (Fsp3) is 0.286. The number of benzene rings is 1. The average molecular weight is 292 g/mol. The third kappa shape index (κ3) is 2.42. The molecule has 1 unspecified atom stereocenters. The summed E-state index contributed by atoms with van der Waals surface area (Å²) in [5.41, 5.74) is 2.63. The van der Waals surface area contributed by atoms with Gasteiger partial charge >= 0.3 is 0 Å². The van der Waals surface area contributed by atoms with Gasteiger partial charge in [-0.05, 0) is 17.7 Å². The molecule has 104 valence electrons. The minimum absolute atomic E-state index is 0.292. The largest absolute Gasteiger partial charge is 0.378 e. The van der Waals surface area contributed by atoms with Crippen molar-refractivity contribution in [1.82, 2.24) is 15.1 Å². The second-order valence-electron chi connectivity index (χ2n) is 4.84. The Morgan fingerprint density at radius 2 is 2.15 bits per heavy atom. The van der Waals surface area contributed by atoms with Gasteiger partial charge in [0, 0.05) is 35.8 Å². The molecule has 20 heavy (non-hydrogen) atoms. The van der Waals surface area contributed by atoms with Gasteiger partial charge in [0.25, 0.3) is 5.91 Å². The summed E-state index contributed by atoms with van der Waals surface area (Å²) in [4.78, 5) is 14.0. The standard InChI is InChI=1S/C14H14ClN3O2/c15-11-3-1-9(2-4-11)13(19)14(20)18-6-5-12-10(8-18)7-16-17-12/h1-4,7,13,19H,5-6,8H2,(H,16,17). The van der Waals surface area contributed by atoms with Crippen LogP contribution in [0.25, 0.3) is 0 Å². The second kappa shape index (κ2) is 5.26. The van der Waals surface area contributed by atoms with Gasteiger partial charge in [-0.3, -0.25) is 9.89 Å². The molecule has 6 heteroatoms. The lowest BCUT2D eigenvalue weighted by atomic mass is 10.0. The van der Waals surface area contributed by atoms with Gasteiger partial charge in [0.2, 0.25) is 0 Å². The Bertz CT molecular complexity index is 624. The van der Waals surface area contributed by atoms with Gasteiger partial charge in [0.1, 0.15) is 0 Å². The van der Waals surface area contributed by atoms with E-state index < -0.39 is 6.10 Å². The first-order valence-electron chi connectivity index (χ1n) is 6.38. The predicted octanol–water partition coefficient (Wildman–Crippen LogP) is 1.68. The molecule has 1 aromatic heterocycles. The summed E-state index contributed by atoms with van der Waals surface area (Å²) in [6, 6.07) is 6.66. The van der Waals surface area contributed by atoms with Crippen molar-refractivity contribution < 1.29 is 9.90 Å². The van der Waals surface area contributed by atoms with Crippen LogP contribution in [0.5, 0.6) is 0 Å². The highest BCUT2D eigenvalue weighted by Crippen LogP contribution is 2.22. The highest BCUT2D eigenvalue weighted by atomic mass is 35.5. The maximum atomic E-state index is 12.3. The average Bonchev–Trinajstić information content (AvgIpc) is 2.94. The van der Waals surface area contributed by atoms with E-state index in [1.165, 1.54) is 0 Å². The number of aliphatic hydroxyl groups excluding tert-OH is 1. The highest BCUT2D eigenvalue weighted by molar-refractivity contribution is 6.30. The zero-order valence-electron chi connectivity index (χ0n) is 10.7. The second-order valence-corrected chi connectivity index (χ2v) is 5.27. The molecule has 1 aromatic carbocycles. The Morgan fingerprint density at radius 3 is 2.90 bits per heavy atom. The lowest BCUT2D eigenvalue weighted by molar-refractivity contribution is -0.141. The number of hydrogen-bond donors (Lipinski definition) is 2. The molecule has 0 bridgehead atoms. The summed E-state index contributed by atoms with van der Waals surface area (Å²) < 4.78 is 0.